The van der Waals surface area contributed by atoms with E-state index in [9.17, 15) is 0 Å². The second kappa shape index (κ2) is 2.60. The molecule has 0 aliphatic carbocycles. The molecule has 0 amide bonds. The lowest BCUT2D eigenvalue weighted by Gasteiger charge is -1.94. The van der Waals surface area contributed by atoms with Crippen LogP contribution >= 0.6 is 11.3 Å². The number of aromatic nitrogens is 3. The fourth-order valence-corrected chi connectivity index (χ4v) is 1.69. The van der Waals surface area contributed by atoms with Crippen molar-refractivity contribution < 1.29 is 0 Å². The summed E-state index contributed by atoms with van der Waals surface area (Å²) < 4.78 is 1.71. The van der Waals surface area contributed by atoms with E-state index in [1.165, 1.54) is 11.3 Å². The second-order valence-electron chi connectivity index (χ2n) is 2.38. The van der Waals surface area contributed by atoms with Crippen molar-refractivity contribution in [2.24, 2.45) is 0 Å². The van der Waals surface area contributed by atoms with Crippen LogP contribution < -0.4 is 5.73 Å². The Bertz CT molecular complexity index is 376. The average molecular weight is 180 g/mol. The van der Waals surface area contributed by atoms with Crippen molar-refractivity contribution in [1.82, 2.24) is 14.8 Å². The Labute approximate surface area is 73.7 Å². The molecule has 0 spiro atoms. The topological polar surface area (TPSA) is 56.7 Å². The first-order valence-electron chi connectivity index (χ1n) is 3.50. The van der Waals surface area contributed by atoms with Crippen LogP contribution in [0, 0.1) is 6.92 Å². The highest BCUT2D eigenvalue weighted by Gasteiger charge is 2.06. The molecule has 2 heterocycles. The Morgan fingerprint density at radius 3 is 2.92 bits per heavy atom. The van der Waals surface area contributed by atoms with Gasteiger partial charge in [0.15, 0.2) is 10.9 Å². The minimum atomic E-state index is 0.581. The van der Waals surface area contributed by atoms with Gasteiger partial charge in [0.05, 0.1) is 0 Å². The molecule has 5 heteroatoms. The first kappa shape index (κ1) is 7.30. The smallest absolute Gasteiger partial charge is 0.182 e. The van der Waals surface area contributed by atoms with Crippen LogP contribution in [-0.4, -0.2) is 14.8 Å². The summed E-state index contributed by atoms with van der Waals surface area (Å²) in [5.41, 5.74) is 5.55. The maximum absolute atomic E-state index is 5.55. The van der Waals surface area contributed by atoms with Crippen LogP contribution in [0.3, 0.4) is 0 Å². The quantitative estimate of drug-likeness (QED) is 0.717. The van der Waals surface area contributed by atoms with Gasteiger partial charge in [-0.25, -0.2) is 9.67 Å². The van der Waals surface area contributed by atoms with E-state index >= 15 is 0 Å². The number of aryl methyl sites for hydroxylation is 1. The van der Waals surface area contributed by atoms with Gasteiger partial charge in [0, 0.05) is 17.3 Å². The predicted molar refractivity (Wildman–Crippen MR) is 48.4 cm³/mol. The molecular formula is C7H8N4S. The summed E-state index contributed by atoms with van der Waals surface area (Å²) in [6.45, 7) is 1.98. The van der Waals surface area contributed by atoms with Crippen molar-refractivity contribution in [1.29, 1.82) is 0 Å². The molecule has 2 rings (SSSR count). The molecule has 2 aromatic heterocycles. The number of nitrogens with zero attached hydrogens (tertiary/aromatic N) is 3. The lowest BCUT2D eigenvalue weighted by Crippen LogP contribution is -1.96. The highest BCUT2D eigenvalue weighted by Crippen LogP contribution is 2.21. The zero-order valence-corrected chi connectivity index (χ0v) is 7.38. The van der Waals surface area contributed by atoms with Crippen molar-refractivity contribution in [3.63, 3.8) is 0 Å². The molecule has 12 heavy (non-hydrogen) atoms. The van der Waals surface area contributed by atoms with Crippen LogP contribution in [0.25, 0.3) is 5.82 Å². The van der Waals surface area contributed by atoms with Crippen LogP contribution in [-0.2, 0) is 0 Å². The first-order valence-corrected chi connectivity index (χ1v) is 4.32. The number of nitrogens with two attached hydrogens (primary N) is 1. The summed E-state index contributed by atoms with van der Waals surface area (Å²) in [7, 11) is 0. The van der Waals surface area contributed by atoms with Crippen molar-refractivity contribution in [3.05, 3.63) is 23.3 Å². The summed E-state index contributed by atoms with van der Waals surface area (Å²) in [5.74, 6) is 0.822. The van der Waals surface area contributed by atoms with Gasteiger partial charge in [-0.05, 0) is 13.0 Å². The van der Waals surface area contributed by atoms with E-state index in [-0.39, 0.29) is 0 Å². The van der Waals surface area contributed by atoms with Gasteiger partial charge in [-0.1, -0.05) is 0 Å². The zero-order valence-electron chi connectivity index (χ0n) is 6.56. The largest absolute Gasteiger partial charge is 0.375 e. The average Bonchev–Trinajstić information content (AvgIpc) is 2.58. The van der Waals surface area contributed by atoms with E-state index in [2.05, 4.69) is 10.1 Å². The van der Waals surface area contributed by atoms with Crippen LogP contribution in [0.4, 0.5) is 5.13 Å². The molecule has 0 aromatic carbocycles. The third-order valence-electron chi connectivity index (χ3n) is 1.51. The molecule has 0 aliphatic heterocycles. The van der Waals surface area contributed by atoms with Crippen molar-refractivity contribution >= 4 is 16.5 Å². The van der Waals surface area contributed by atoms with Crippen molar-refractivity contribution in [3.8, 4) is 5.82 Å². The summed E-state index contributed by atoms with van der Waals surface area (Å²) in [6, 6.07) is 1.86. The highest BCUT2D eigenvalue weighted by molar-refractivity contribution is 7.15. The minimum Gasteiger partial charge on any atom is -0.375 e. The molecule has 4 nitrogen and oxygen atoms in total. The first-order chi connectivity index (χ1) is 5.77. The summed E-state index contributed by atoms with van der Waals surface area (Å²) in [6.07, 6.45) is 3.57. The molecule has 0 saturated carbocycles. The van der Waals surface area contributed by atoms with Gasteiger partial charge in [-0.15, -0.1) is 11.3 Å². The number of hydrogen-bond donors (Lipinski definition) is 1. The Balaban J connectivity index is 2.54. The fraction of sp³-hybridized carbons (Fsp3) is 0.143. The highest BCUT2D eigenvalue weighted by atomic mass is 32.1. The second-order valence-corrected chi connectivity index (χ2v) is 3.62. The van der Waals surface area contributed by atoms with Gasteiger partial charge < -0.3 is 5.73 Å². The van der Waals surface area contributed by atoms with Crippen molar-refractivity contribution in [2.75, 3.05) is 5.73 Å². The Morgan fingerprint density at radius 2 is 2.42 bits per heavy atom. The maximum atomic E-state index is 5.55. The van der Waals surface area contributed by atoms with Crippen molar-refractivity contribution in [2.45, 2.75) is 6.92 Å². The Kier molecular flexibility index (Phi) is 1.58. The van der Waals surface area contributed by atoms with Crippen LogP contribution in [0.15, 0.2) is 18.5 Å². The number of hydrogen-bond acceptors (Lipinski definition) is 4. The van der Waals surface area contributed by atoms with E-state index in [1.807, 2.05) is 19.2 Å². The van der Waals surface area contributed by atoms with Gasteiger partial charge in [0.2, 0.25) is 0 Å². The lowest BCUT2D eigenvalue weighted by atomic mass is 10.5. The molecule has 0 saturated heterocycles. The number of nitrogen functional groups attached to an aromatic ring is 1. The van der Waals surface area contributed by atoms with Gasteiger partial charge in [0.25, 0.3) is 0 Å². The molecule has 2 aromatic rings. The molecule has 2 N–H and O–H groups in total. The standard InChI is InChI=1S/C7H8N4S/c1-5-6(10-7(8)12-5)11-4-2-3-9-11/h2-4H,1H3,(H2,8,10). The zero-order chi connectivity index (χ0) is 8.55. The van der Waals surface area contributed by atoms with E-state index in [0.717, 1.165) is 10.7 Å². The van der Waals surface area contributed by atoms with Gasteiger partial charge in [-0.2, -0.15) is 5.10 Å². The summed E-state index contributed by atoms with van der Waals surface area (Å²) in [4.78, 5) is 5.23. The van der Waals surface area contributed by atoms with Crippen LogP contribution in [0.5, 0.6) is 0 Å². The monoisotopic (exact) mass is 180 g/mol. The molecule has 0 radical (unpaired) electrons. The number of anilines is 1. The van der Waals surface area contributed by atoms with Gasteiger partial charge in [0.1, 0.15) is 0 Å². The maximum Gasteiger partial charge on any atom is 0.182 e. The molecular weight excluding hydrogens is 172 g/mol. The van der Waals surface area contributed by atoms with E-state index in [4.69, 9.17) is 5.73 Å². The Hall–Kier alpha value is -1.36. The minimum absolute atomic E-state index is 0.581. The molecule has 0 fully saturated rings. The molecule has 0 aliphatic rings. The number of rotatable bonds is 1. The molecule has 0 bridgehead atoms. The number of thiazole rings is 1. The third-order valence-corrected chi connectivity index (χ3v) is 2.30. The van der Waals surface area contributed by atoms with E-state index in [1.54, 1.807) is 10.9 Å². The van der Waals surface area contributed by atoms with Gasteiger partial charge >= 0.3 is 0 Å². The Morgan fingerprint density at radius 1 is 1.58 bits per heavy atom. The fourth-order valence-electron chi connectivity index (χ4n) is 1.02. The molecule has 0 atom stereocenters. The molecule has 0 unspecified atom stereocenters. The third kappa shape index (κ3) is 1.08. The SMILES string of the molecule is Cc1sc(N)nc1-n1cccn1. The predicted octanol–water partition coefficient (Wildman–Crippen LogP) is 1.22. The lowest BCUT2D eigenvalue weighted by molar-refractivity contribution is 0.850. The summed E-state index contributed by atoms with van der Waals surface area (Å²) >= 11 is 1.47. The van der Waals surface area contributed by atoms with E-state index in [0.29, 0.717) is 5.13 Å². The summed E-state index contributed by atoms with van der Waals surface area (Å²) in [5, 5.41) is 4.65. The van der Waals surface area contributed by atoms with Gasteiger partial charge in [-0.3, -0.25) is 0 Å². The van der Waals surface area contributed by atoms with Crippen LogP contribution in [0.1, 0.15) is 4.88 Å². The van der Waals surface area contributed by atoms with Crippen LogP contribution in [0.2, 0.25) is 0 Å². The molecule has 62 valence electrons. The normalized spacial score (nSPS) is 10.4. The van der Waals surface area contributed by atoms with E-state index < -0.39 is 0 Å².